The van der Waals surface area contributed by atoms with Gasteiger partial charge in [0, 0.05) is 19.3 Å². The standard InChI is InChI=1S/2C8H16.C8H14.C6H12.C6H10.C5H12/c3*1-4-5-6-7-8(2)3;2*1-4-5-6(2)3;1-4-5(2)3/h2*5-6,8H,4,7H2,1-3H3;8H,4,7H2,1-3H3;4,6H,1,5H2,2-3H3;1,6H,5H2,2-3H3;5H,4H2,1-3H3/b6-5+;6-5-;;;;. The van der Waals surface area contributed by atoms with Crippen LogP contribution in [0.3, 0.4) is 0 Å². The maximum Gasteiger partial charge on any atom is 0.0112 e. The average molecular weight is 573 g/mol. The van der Waals surface area contributed by atoms with Gasteiger partial charge in [-0.15, -0.1) is 30.8 Å². The van der Waals surface area contributed by atoms with E-state index < -0.39 is 0 Å². The van der Waals surface area contributed by atoms with E-state index in [-0.39, 0.29) is 0 Å². The van der Waals surface area contributed by atoms with E-state index in [0.717, 1.165) is 55.3 Å². The van der Waals surface area contributed by atoms with Crippen molar-refractivity contribution in [1.82, 2.24) is 0 Å². The lowest BCUT2D eigenvalue weighted by Crippen LogP contribution is -1.80. The molecule has 0 aliphatic rings. The quantitative estimate of drug-likeness (QED) is 0.171. The number of hydrogen-bond acceptors (Lipinski definition) is 0. The zero-order chi connectivity index (χ0) is 33.5. The zero-order valence-corrected chi connectivity index (χ0v) is 31.5. The van der Waals surface area contributed by atoms with E-state index in [9.17, 15) is 0 Å². The number of hydrogen-bond donors (Lipinski definition) is 0. The van der Waals surface area contributed by atoms with Gasteiger partial charge < -0.3 is 0 Å². The highest BCUT2D eigenvalue weighted by Gasteiger charge is 1.86. The fourth-order valence-corrected chi connectivity index (χ4v) is 2.04. The van der Waals surface area contributed by atoms with E-state index in [0.29, 0.717) is 5.92 Å². The van der Waals surface area contributed by atoms with E-state index in [1.807, 2.05) is 6.08 Å². The van der Waals surface area contributed by atoms with Crippen molar-refractivity contribution in [3.8, 4) is 24.2 Å². The molecule has 0 aliphatic heterocycles. The van der Waals surface area contributed by atoms with Crippen LogP contribution in [0.25, 0.3) is 0 Å². The molecule has 0 unspecified atom stereocenters. The maximum absolute atomic E-state index is 4.98. The molecule has 0 fully saturated rings. The van der Waals surface area contributed by atoms with Crippen molar-refractivity contribution in [3.63, 3.8) is 0 Å². The lowest BCUT2D eigenvalue weighted by atomic mass is 10.1. The van der Waals surface area contributed by atoms with Crippen LogP contribution in [-0.2, 0) is 0 Å². The highest BCUT2D eigenvalue weighted by molar-refractivity contribution is 4.98. The zero-order valence-electron chi connectivity index (χ0n) is 31.5. The minimum absolute atomic E-state index is 0.662. The van der Waals surface area contributed by atoms with Crippen LogP contribution in [0.1, 0.15) is 169 Å². The lowest BCUT2D eigenvalue weighted by molar-refractivity contribution is 0.626. The average Bonchev–Trinajstić information content (AvgIpc) is 2.86. The Bertz CT molecular complexity index is 570. The highest BCUT2D eigenvalue weighted by Crippen LogP contribution is 2.00. The van der Waals surface area contributed by atoms with Crippen molar-refractivity contribution >= 4 is 0 Å². The molecule has 0 bridgehead atoms. The van der Waals surface area contributed by atoms with Crippen LogP contribution in [0.4, 0.5) is 0 Å². The third-order valence-corrected chi connectivity index (χ3v) is 4.81. The molecule has 0 saturated carbocycles. The summed E-state index contributed by atoms with van der Waals surface area (Å²) < 4.78 is 0. The summed E-state index contributed by atoms with van der Waals surface area (Å²) >= 11 is 0. The van der Waals surface area contributed by atoms with Gasteiger partial charge in [-0.1, -0.05) is 148 Å². The molecular weight excluding hydrogens is 492 g/mol. The van der Waals surface area contributed by atoms with Crippen LogP contribution in [0.15, 0.2) is 37.0 Å². The lowest BCUT2D eigenvalue weighted by Gasteiger charge is -1.94. The van der Waals surface area contributed by atoms with Gasteiger partial charge in [0.2, 0.25) is 0 Å². The predicted molar refractivity (Wildman–Crippen MR) is 198 cm³/mol. The molecule has 0 nitrogen and oxygen atoms in total. The summed E-state index contributed by atoms with van der Waals surface area (Å²) in [6.07, 6.45) is 26.1. The van der Waals surface area contributed by atoms with E-state index in [2.05, 4.69) is 159 Å². The molecule has 0 aromatic carbocycles. The first-order chi connectivity index (χ1) is 19.1. The Morgan fingerprint density at radius 3 is 1.02 bits per heavy atom. The molecule has 0 spiro atoms. The fraction of sp³-hybridized carbons (Fsp3) is 0.756. The summed E-state index contributed by atoms with van der Waals surface area (Å²) in [6, 6.07) is 0. The van der Waals surface area contributed by atoms with Gasteiger partial charge in [-0.05, 0) is 67.6 Å². The number of allylic oxidation sites excluding steroid dienone is 5. The Morgan fingerprint density at radius 1 is 0.512 bits per heavy atom. The van der Waals surface area contributed by atoms with E-state index in [4.69, 9.17) is 6.42 Å². The Morgan fingerprint density at radius 2 is 0.878 bits per heavy atom. The molecule has 0 rings (SSSR count). The molecule has 0 amide bonds. The van der Waals surface area contributed by atoms with Crippen LogP contribution < -0.4 is 0 Å². The maximum atomic E-state index is 4.98. The SMILES string of the molecule is C#CCC(C)C.C=CCC(C)C.CC/C=C/CC(C)C.CC/C=C\CC(C)C.CCC#CCC(C)C.CCC(C)C. The summed E-state index contributed by atoms with van der Waals surface area (Å²) in [5.74, 6) is 13.4. The van der Waals surface area contributed by atoms with E-state index >= 15 is 0 Å². The van der Waals surface area contributed by atoms with Crippen molar-refractivity contribution in [3.05, 3.63) is 37.0 Å². The second-order valence-corrected chi connectivity index (χ2v) is 12.8. The summed E-state index contributed by atoms with van der Waals surface area (Å²) in [6.45, 7) is 38.5. The van der Waals surface area contributed by atoms with Crippen LogP contribution >= 0.6 is 0 Å². The fourth-order valence-electron chi connectivity index (χ4n) is 2.04. The Balaban J connectivity index is -0.0000000904. The molecule has 0 aromatic rings. The third kappa shape index (κ3) is 111. The van der Waals surface area contributed by atoms with Gasteiger partial charge in [-0.2, -0.15) is 0 Å². The van der Waals surface area contributed by atoms with Gasteiger partial charge in [0.25, 0.3) is 0 Å². The number of terminal acetylenes is 1. The summed E-state index contributed by atoms with van der Waals surface area (Å²) in [7, 11) is 0. The number of rotatable bonds is 11. The smallest absolute Gasteiger partial charge is 0.0112 e. The van der Waals surface area contributed by atoms with Crippen LogP contribution in [0.5, 0.6) is 0 Å². The van der Waals surface area contributed by atoms with Crippen molar-refractivity contribution < 1.29 is 0 Å². The van der Waals surface area contributed by atoms with Crippen molar-refractivity contribution in [2.75, 3.05) is 0 Å². The Labute approximate surface area is 264 Å². The summed E-state index contributed by atoms with van der Waals surface area (Å²) in [4.78, 5) is 0. The molecule has 0 aromatic heterocycles. The highest BCUT2D eigenvalue weighted by atomic mass is 13.9. The molecular formula is C41H80. The van der Waals surface area contributed by atoms with Crippen LogP contribution in [0.2, 0.25) is 0 Å². The second kappa shape index (κ2) is 48.1. The molecule has 0 aliphatic carbocycles. The van der Waals surface area contributed by atoms with Crippen molar-refractivity contribution in [2.45, 2.75) is 169 Å². The third-order valence-electron chi connectivity index (χ3n) is 4.81. The van der Waals surface area contributed by atoms with Crippen molar-refractivity contribution in [2.24, 2.45) is 35.5 Å². The van der Waals surface area contributed by atoms with Crippen LogP contribution in [0, 0.1) is 59.7 Å². The summed E-state index contributed by atoms with van der Waals surface area (Å²) in [5.41, 5.74) is 0. The van der Waals surface area contributed by atoms with Gasteiger partial charge in [-0.25, -0.2) is 0 Å². The minimum Gasteiger partial charge on any atom is -0.120 e. The van der Waals surface area contributed by atoms with E-state index in [1.165, 1.54) is 32.1 Å². The Kier molecular flexibility index (Phi) is 61.0. The molecule has 0 atom stereocenters. The van der Waals surface area contributed by atoms with Gasteiger partial charge in [0.15, 0.2) is 0 Å². The monoisotopic (exact) mass is 573 g/mol. The van der Waals surface area contributed by atoms with Crippen LogP contribution in [-0.4, -0.2) is 0 Å². The van der Waals surface area contributed by atoms with Gasteiger partial charge in [-0.3, -0.25) is 0 Å². The Hall–Kier alpha value is -1.66. The molecule has 0 radical (unpaired) electrons. The van der Waals surface area contributed by atoms with Gasteiger partial charge in [0.05, 0.1) is 0 Å². The summed E-state index contributed by atoms with van der Waals surface area (Å²) in [5, 5.41) is 0. The molecule has 0 heterocycles. The van der Waals surface area contributed by atoms with Gasteiger partial charge in [0.1, 0.15) is 0 Å². The molecule has 0 heteroatoms. The topological polar surface area (TPSA) is 0 Å². The second-order valence-electron chi connectivity index (χ2n) is 12.8. The predicted octanol–water partition coefficient (Wildman–Crippen LogP) is 14.4. The normalized spacial score (nSPS) is 9.88. The molecule has 244 valence electrons. The molecule has 41 heavy (non-hydrogen) atoms. The van der Waals surface area contributed by atoms with E-state index in [1.54, 1.807) is 0 Å². The first-order valence-electron chi connectivity index (χ1n) is 16.9. The minimum atomic E-state index is 0.662. The van der Waals surface area contributed by atoms with Gasteiger partial charge >= 0.3 is 0 Å². The molecule has 0 N–H and O–H groups in total. The first-order valence-corrected chi connectivity index (χ1v) is 16.9. The largest absolute Gasteiger partial charge is 0.120 e. The first kappa shape index (κ1) is 52.0. The molecule has 0 saturated heterocycles. The van der Waals surface area contributed by atoms with Crippen molar-refractivity contribution in [1.29, 1.82) is 0 Å².